The first-order valence-corrected chi connectivity index (χ1v) is 6.16. The van der Waals surface area contributed by atoms with Crippen LogP contribution in [0.3, 0.4) is 0 Å². The van der Waals surface area contributed by atoms with Crippen LogP contribution in [0.25, 0.3) is 0 Å². The van der Waals surface area contributed by atoms with Crippen LogP contribution in [0.4, 0.5) is 0 Å². The van der Waals surface area contributed by atoms with E-state index < -0.39 is 11.6 Å². The third-order valence-electron chi connectivity index (χ3n) is 1.92. The van der Waals surface area contributed by atoms with E-state index in [1.54, 1.807) is 6.92 Å². The van der Waals surface area contributed by atoms with Gasteiger partial charge in [0.25, 0.3) is 0 Å². The second-order valence-electron chi connectivity index (χ2n) is 3.29. The molecule has 0 saturated heterocycles. The highest BCUT2D eigenvalue weighted by atomic mass is 79.9. The van der Waals surface area contributed by atoms with Gasteiger partial charge in [-0.25, -0.2) is 0 Å². The Hall–Kier alpha value is -0.460. The zero-order chi connectivity index (χ0) is 12.3. The van der Waals surface area contributed by atoms with E-state index in [9.17, 15) is 14.7 Å². The highest BCUT2D eigenvalue weighted by Crippen LogP contribution is 2.31. The van der Waals surface area contributed by atoms with Crippen LogP contribution in [-0.4, -0.2) is 29.1 Å². The zero-order valence-corrected chi connectivity index (χ0v) is 11.7. The third kappa shape index (κ3) is 3.26. The molecule has 0 bridgehead atoms. The maximum Gasteiger partial charge on any atom is 0.309 e. The fraction of sp³-hybridized carbons (Fsp3) is 0.400. The molecule has 0 saturated carbocycles. The Morgan fingerprint density at radius 1 is 1.44 bits per heavy atom. The van der Waals surface area contributed by atoms with Crippen molar-refractivity contribution in [3.05, 3.63) is 21.1 Å². The molecule has 0 aromatic rings. The quantitative estimate of drug-likeness (QED) is 0.786. The maximum atomic E-state index is 11.4. The molecule has 1 rings (SSSR count). The number of hydrogen-bond donors (Lipinski definition) is 1. The van der Waals surface area contributed by atoms with Crippen molar-refractivity contribution in [3.8, 4) is 0 Å². The van der Waals surface area contributed by atoms with Gasteiger partial charge in [-0.1, -0.05) is 0 Å². The predicted molar refractivity (Wildman–Crippen MR) is 65.2 cm³/mol. The topological polar surface area (TPSA) is 63.6 Å². The average molecular weight is 354 g/mol. The summed E-state index contributed by atoms with van der Waals surface area (Å²) in [5, 5.41) is 10.1. The first-order chi connectivity index (χ1) is 7.38. The Bertz CT molecular complexity index is 362. The standard InChI is InChI=1S/C10H10Br2O4/c1-2-16-8(13)5-10(15)3-6(11)9(14)7(12)4-10/h3-4,15H,2,5H2,1H3. The number of Topliss-reactive ketones (excluding diaryl/α,β-unsaturated/α-hetero) is 1. The molecular weight excluding hydrogens is 344 g/mol. The molecule has 0 atom stereocenters. The zero-order valence-electron chi connectivity index (χ0n) is 8.50. The second-order valence-corrected chi connectivity index (χ2v) is 5.00. The summed E-state index contributed by atoms with van der Waals surface area (Å²) in [5.41, 5.74) is -1.49. The van der Waals surface area contributed by atoms with Gasteiger partial charge in [-0.3, -0.25) is 9.59 Å². The molecule has 1 N–H and O–H groups in total. The monoisotopic (exact) mass is 352 g/mol. The van der Waals surface area contributed by atoms with E-state index in [1.165, 1.54) is 12.2 Å². The minimum atomic E-state index is -1.49. The van der Waals surface area contributed by atoms with E-state index in [0.29, 0.717) is 0 Å². The Morgan fingerprint density at radius 3 is 2.38 bits per heavy atom. The molecule has 0 spiro atoms. The fourth-order valence-electron chi connectivity index (χ4n) is 1.27. The Labute approximate surface area is 110 Å². The normalized spacial score (nSPS) is 18.9. The molecule has 1 aliphatic rings. The van der Waals surface area contributed by atoms with Crippen LogP contribution in [0.2, 0.25) is 0 Å². The van der Waals surface area contributed by atoms with Gasteiger partial charge in [-0.05, 0) is 50.9 Å². The highest BCUT2D eigenvalue weighted by Gasteiger charge is 2.33. The molecule has 88 valence electrons. The Morgan fingerprint density at radius 2 is 1.94 bits per heavy atom. The van der Waals surface area contributed by atoms with Gasteiger partial charge in [0.15, 0.2) is 0 Å². The summed E-state index contributed by atoms with van der Waals surface area (Å²) in [5.74, 6) is -0.791. The van der Waals surface area contributed by atoms with Gasteiger partial charge in [0, 0.05) is 0 Å². The molecule has 0 unspecified atom stereocenters. The molecule has 0 heterocycles. The number of allylic oxidation sites excluding steroid dienone is 2. The van der Waals surface area contributed by atoms with Gasteiger partial charge in [0.2, 0.25) is 5.78 Å². The van der Waals surface area contributed by atoms with E-state index in [1.807, 2.05) is 0 Å². The van der Waals surface area contributed by atoms with E-state index >= 15 is 0 Å². The van der Waals surface area contributed by atoms with Crippen molar-refractivity contribution < 1.29 is 19.4 Å². The summed E-state index contributed by atoms with van der Waals surface area (Å²) < 4.78 is 5.17. The van der Waals surface area contributed by atoms with Crippen molar-refractivity contribution in [3.63, 3.8) is 0 Å². The average Bonchev–Trinajstić information content (AvgIpc) is 2.13. The van der Waals surface area contributed by atoms with Crippen molar-refractivity contribution in [2.24, 2.45) is 0 Å². The number of halogens is 2. The lowest BCUT2D eigenvalue weighted by atomic mass is 9.94. The van der Waals surface area contributed by atoms with Crippen LogP contribution in [0.1, 0.15) is 13.3 Å². The molecule has 6 heteroatoms. The van der Waals surface area contributed by atoms with Crippen LogP contribution in [-0.2, 0) is 14.3 Å². The number of carbonyl (C=O) groups is 2. The maximum absolute atomic E-state index is 11.4. The number of hydrogen-bond acceptors (Lipinski definition) is 4. The third-order valence-corrected chi connectivity index (χ3v) is 3.10. The van der Waals surface area contributed by atoms with E-state index in [0.717, 1.165) is 0 Å². The van der Waals surface area contributed by atoms with Gasteiger partial charge in [-0.15, -0.1) is 0 Å². The van der Waals surface area contributed by atoms with Gasteiger partial charge >= 0.3 is 5.97 Å². The number of rotatable bonds is 3. The lowest BCUT2D eigenvalue weighted by molar-refractivity contribution is -0.146. The SMILES string of the molecule is CCOC(=O)CC1(O)C=C(Br)C(=O)C(Br)=C1. The molecule has 0 amide bonds. The lowest BCUT2D eigenvalue weighted by Crippen LogP contribution is -2.31. The lowest BCUT2D eigenvalue weighted by Gasteiger charge is -2.23. The number of ketones is 1. The fourth-order valence-corrected chi connectivity index (χ4v) is 2.76. The Balaban J connectivity index is 2.86. The predicted octanol–water partition coefficient (Wildman–Crippen LogP) is 1.81. The molecule has 1 aliphatic carbocycles. The van der Waals surface area contributed by atoms with Gasteiger partial charge in [0.1, 0.15) is 5.60 Å². The minimum Gasteiger partial charge on any atom is -0.466 e. The van der Waals surface area contributed by atoms with Crippen LogP contribution in [0.15, 0.2) is 21.1 Å². The molecule has 0 fully saturated rings. The van der Waals surface area contributed by atoms with Crippen molar-refractivity contribution in [1.82, 2.24) is 0 Å². The molecular formula is C10H10Br2O4. The first kappa shape index (κ1) is 13.6. The summed E-state index contributed by atoms with van der Waals surface area (Å²) in [6.07, 6.45) is 2.35. The van der Waals surface area contributed by atoms with Crippen LogP contribution in [0.5, 0.6) is 0 Å². The molecule has 0 aromatic carbocycles. The van der Waals surface area contributed by atoms with Crippen molar-refractivity contribution in [2.45, 2.75) is 18.9 Å². The Kier molecular flexibility index (Phi) is 4.46. The molecule has 0 radical (unpaired) electrons. The van der Waals surface area contributed by atoms with Crippen molar-refractivity contribution in [1.29, 1.82) is 0 Å². The van der Waals surface area contributed by atoms with E-state index in [4.69, 9.17) is 4.74 Å². The second kappa shape index (κ2) is 5.25. The van der Waals surface area contributed by atoms with Crippen LogP contribution in [0, 0.1) is 0 Å². The van der Waals surface area contributed by atoms with Crippen molar-refractivity contribution in [2.75, 3.05) is 6.61 Å². The minimum absolute atomic E-state index is 0.216. The molecule has 16 heavy (non-hydrogen) atoms. The summed E-state index contributed by atoms with van der Waals surface area (Å²) in [6, 6.07) is 0. The first-order valence-electron chi connectivity index (χ1n) is 4.57. The summed E-state index contributed by atoms with van der Waals surface area (Å²) in [6.45, 7) is 1.94. The van der Waals surface area contributed by atoms with E-state index in [2.05, 4.69) is 31.9 Å². The van der Waals surface area contributed by atoms with Gasteiger partial charge in [-0.2, -0.15) is 0 Å². The molecule has 0 aliphatic heterocycles. The number of aliphatic hydroxyl groups is 1. The number of carbonyl (C=O) groups excluding carboxylic acids is 2. The highest BCUT2D eigenvalue weighted by molar-refractivity contribution is 9.13. The summed E-state index contributed by atoms with van der Waals surface area (Å²) in [7, 11) is 0. The molecule has 4 nitrogen and oxygen atoms in total. The van der Waals surface area contributed by atoms with Crippen LogP contribution >= 0.6 is 31.9 Å². The summed E-state index contributed by atoms with van der Waals surface area (Å²) in [4.78, 5) is 22.6. The molecule has 0 aromatic heterocycles. The largest absolute Gasteiger partial charge is 0.466 e. The van der Waals surface area contributed by atoms with Gasteiger partial charge in [0.05, 0.1) is 22.0 Å². The van der Waals surface area contributed by atoms with Crippen LogP contribution < -0.4 is 0 Å². The number of esters is 1. The van der Waals surface area contributed by atoms with E-state index in [-0.39, 0.29) is 27.8 Å². The smallest absolute Gasteiger partial charge is 0.309 e. The van der Waals surface area contributed by atoms with Crippen molar-refractivity contribution >= 4 is 43.6 Å². The number of ether oxygens (including phenoxy) is 1. The van der Waals surface area contributed by atoms with Gasteiger partial charge < -0.3 is 9.84 Å². The summed E-state index contributed by atoms with van der Waals surface area (Å²) >= 11 is 6.05.